The lowest BCUT2D eigenvalue weighted by Crippen LogP contribution is -1.90. The van der Waals surface area contributed by atoms with E-state index in [0.29, 0.717) is 0 Å². The van der Waals surface area contributed by atoms with Crippen LogP contribution in [0.15, 0.2) is 59.3 Å². The first-order valence-electron chi connectivity index (χ1n) is 8.40. The van der Waals surface area contributed by atoms with Crippen LogP contribution >= 0.6 is 34.0 Å². The van der Waals surface area contributed by atoms with Crippen LogP contribution in [-0.2, 0) is 0 Å². The summed E-state index contributed by atoms with van der Waals surface area (Å²) in [6.07, 6.45) is 4.31. The molecule has 0 atom stereocenters. The molecule has 4 rings (SSSR count). The van der Waals surface area contributed by atoms with Gasteiger partial charge in [0.15, 0.2) is 11.5 Å². The zero-order chi connectivity index (χ0) is 18.6. The molecule has 0 N–H and O–H groups in total. The van der Waals surface area contributed by atoms with E-state index in [2.05, 4.69) is 53.2 Å². The molecule has 0 amide bonds. The summed E-state index contributed by atoms with van der Waals surface area (Å²) >= 11 is 5.40. The van der Waals surface area contributed by atoms with Crippen LogP contribution in [0.3, 0.4) is 0 Å². The number of rotatable bonds is 6. The van der Waals surface area contributed by atoms with E-state index in [-0.39, 0.29) is 0 Å². The molecule has 0 aliphatic carbocycles. The maximum Gasteiger partial charge on any atom is 0.161 e. The van der Waals surface area contributed by atoms with Crippen molar-refractivity contribution in [2.45, 2.75) is 0 Å². The van der Waals surface area contributed by atoms with Crippen LogP contribution in [0.5, 0.6) is 11.5 Å². The molecular weight excluding hydrogens is 392 g/mol. The highest BCUT2D eigenvalue weighted by Crippen LogP contribution is 2.42. The summed E-state index contributed by atoms with van der Waals surface area (Å²) in [4.78, 5) is 5.23. The van der Waals surface area contributed by atoms with Crippen molar-refractivity contribution in [2.75, 3.05) is 14.2 Å². The minimum atomic E-state index is 0.739. The Labute approximate surface area is 171 Å². The summed E-state index contributed by atoms with van der Waals surface area (Å²) in [5.41, 5.74) is 2.31. The van der Waals surface area contributed by atoms with Crippen molar-refractivity contribution in [2.24, 2.45) is 0 Å². The molecule has 5 heteroatoms. The number of hydrogen-bond acceptors (Lipinski definition) is 5. The van der Waals surface area contributed by atoms with Gasteiger partial charge in [-0.3, -0.25) is 0 Å². The van der Waals surface area contributed by atoms with E-state index in [4.69, 9.17) is 9.47 Å². The highest BCUT2D eigenvalue weighted by atomic mass is 32.1. The molecule has 0 aliphatic heterocycles. The summed E-state index contributed by atoms with van der Waals surface area (Å²) in [6.45, 7) is 0. The Hall–Kier alpha value is -2.34. The van der Waals surface area contributed by atoms with Crippen LogP contribution in [0.1, 0.15) is 11.1 Å². The van der Waals surface area contributed by atoms with Crippen LogP contribution in [0.25, 0.3) is 31.7 Å². The lowest BCUT2D eigenvalue weighted by atomic mass is 10.1. The molecule has 27 heavy (non-hydrogen) atoms. The number of ether oxygens (including phenoxy) is 2. The topological polar surface area (TPSA) is 18.5 Å². The first-order chi connectivity index (χ1) is 13.3. The number of methoxy groups -OCH3 is 2. The quantitative estimate of drug-likeness (QED) is 0.330. The van der Waals surface area contributed by atoms with Crippen LogP contribution in [0, 0.1) is 0 Å². The first kappa shape index (κ1) is 18.0. The highest BCUT2D eigenvalue weighted by molar-refractivity contribution is 7.26. The minimum absolute atomic E-state index is 0.739. The molecule has 3 aromatic heterocycles. The van der Waals surface area contributed by atoms with E-state index in [1.165, 1.54) is 25.1 Å². The Balaban J connectivity index is 1.71. The molecule has 2 nitrogen and oxygen atoms in total. The van der Waals surface area contributed by atoms with Gasteiger partial charge >= 0.3 is 0 Å². The third-order valence-corrected chi connectivity index (χ3v) is 7.40. The smallest absolute Gasteiger partial charge is 0.161 e. The van der Waals surface area contributed by atoms with E-state index in [9.17, 15) is 0 Å². The van der Waals surface area contributed by atoms with E-state index in [0.717, 1.165) is 17.1 Å². The second-order valence-electron chi connectivity index (χ2n) is 5.80. The fourth-order valence-corrected chi connectivity index (χ4v) is 5.66. The molecule has 136 valence electrons. The average molecular weight is 411 g/mol. The van der Waals surface area contributed by atoms with Crippen LogP contribution in [0.4, 0.5) is 0 Å². The monoisotopic (exact) mass is 410 g/mol. The number of thiophene rings is 3. The molecule has 0 aliphatic rings. The molecule has 4 aromatic rings. The van der Waals surface area contributed by atoms with Gasteiger partial charge in [-0.15, -0.1) is 34.0 Å². The largest absolute Gasteiger partial charge is 0.493 e. The Morgan fingerprint density at radius 3 is 2.15 bits per heavy atom. The molecule has 0 saturated heterocycles. The second kappa shape index (κ2) is 8.13. The van der Waals surface area contributed by atoms with Crippen molar-refractivity contribution < 1.29 is 9.47 Å². The molecule has 0 spiro atoms. The summed E-state index contributed by atoms with van der Waals surface area (Å²) in [7, 11) is 3.31. The fraction of sp³-hybridized carbons (Fsp3) is 0.0909. The zero-order valence-corrected chi connectivity index (χ0v) is 17.4. The summed E-state index contributed by atoms with van der Waals surface area (Å²) < 4.78 is 10.7. The predicted molar refractivity (Wildman–Crippen MR) is 119 cm³/mol. The Kier molecular flexibility index (Phi) is 5.43. The third kappa shape index (κ3) is 3.86. The zero-order valence-electron chi connectivity index (χ0n) is 15.0. The van der Waals surface area contributed by atoms with Crippen LogP contribution < -0.4 is 9.47 Å². The lowest BCUT2D eigenvalue weighted by molar-refractivity contribution is 0.355. The SMILES string of the molecule is COc1ccc(/C=C/c2cc(-c3cccs3)sc2-c2cccs2)cc1OC. The fourth-order valence-electron chi connectivity index (χ4n) is 2.81. The normalized spacial score (nSPS) is 11.2. The first-order valence-corrected chi connectivity index (χ1v) is 11.0. The predicted octanol–water partition coefficient (Wildman–Crippen LogP) is 7.39. The Morgan fingerprint density at radius 2 is 1.48 bits per heavy atom. The summed E-state index contributed by atoms with van der Waals surface area (Å²) in [5.74, 6) is 1.48. The summed E-state index contributed by atoms with van der Waals surface area (Å²) in [6, 6.07) is 16.8. The molecule has 3 heterocycles. The second-order valence-corrected chi connectivity index (χ2v) is 8.75. The lowest BCUT2D eigenvalue weighted by Gasteiger charge is -2.07. The van der Waals surface area contributed by atoms with E-state index in [1.807, 2.05) is 29.5 Å². The van der Waals surface area contributed by atoms with Crippen molar-refractivity contribution >= 4 is 46.2 Å². The van der Waals surface area contributed by atoms with Crippen LogP contribution in [-0.4, -0.2) is 14.2 Å². The van der Waals surface area contributed by atoms with Gasteiger partial charge in [0.05, 0.1) is 19.1 Å². The molecular formula is C22H18O2S3. The maximum atomic E-state index is 5.41. The van der Waals surface area contributed by atoms with Crippen molar-refractivity contribution in [3.8, 4) is 31.0 Å². The van der Waals surface area contributed by atoms with Crippen molar-refractivity contribution in [1.29, 1.82) is 0 Å². The minimum Gasteiger partial charge on any atom is -0.493 e. The van der Waals surface area contributed by atoms with E-state index in [1.54, 1.807) is 36.9 Å². The van der Waals surface area contributed by atoms with Crippen LogP contribution in [0.2, 0.25) is 0 Å². The highest BCUT2D eigenvalue weighted by Gasteiger charge is 2.12. The van der Waals surface area contributed by atoms with Gasteiger partial charge in [0.1, 0.15) is 0 Å². The summed E-state index contributed by atoms with van der Waals surface area (Å²) in [5, 5.41) is 4.25. The van der Waals surface area contributed by atoms with Gasteiger partial charge < -0.3 is 9.47 Å². The van der Waals surface area contributed by atoms with E-state index < -0.39 is 0 Å². The van der Waals surface area contributed by atoms with E-state index >= 15 is 0 Å². The number of hydrogen-bond donors (Lipinski definition) is 0. The van der Waals surface area contributed by atoms with Gasteiger partial charge in [0.2, 0.25) is 0 Å². The van der Waals surface area contributed by atoms with Gasteiger partial charge in [-0.05, 0) is 52.2 Å². The number of benzene rings is 1. The molecule has 1 aromatic carbocycles. The van der Waals surface area contributed by atoms with Crippen molar-refractivity contribution in [3.05, 3.63) is 70.4 Å². The van der Waals surface area contributed by atoms with Gasteiger partial charge in [-0.25, -0.2) is 0 Å². The standard InChI is InChI=1S/C22H18O2S3/c1-23-17-10-8-15(13-18(17)24-2)7-9-16-14-21(19-5-3-11-25-19)27-22(16)20-6-4-12-26-20/h3-14H,1-2H3/b9-7+. The van der Waals surface area contributed by atoms with Gasteiger partial charge in [-0.1, -0.05) is 30.4 Å². The van der Waals surface area contributed by atoms with Crippen molar-refractivity contribution in [1.82, 2.24) is 0 Å². The van der Waals surface area contributed by atoms with Crippen molar-refractivity contribution in [3.63, 3.8) is 0 Å². The maximum absolute atomic E-state index is 5.41. The van der Waals surface area contributed by atoms with Gasteiger partial charge in [0, 0.05) is 14.6 Å². The van der Waals surface area contributed by atoms with Gasteiger partial charge in [-0.2, -0.15) is 0 Å². The Bertz CT molecular complexity index is 1040. The third-order valence-electron chi connectivity index (χ3n) is 4.13. The average Bonchev–Trinajstić information content (AvgIpc) is 3.46. The molecule has 0 saturated carbocycles. The Morgan fingerprint density at radius 1 is 0.741 bits per heavy atom. The molecule has 0 fully saturated rings. The molecule has 0 radical (unpaired) electrons. The van der Waals surface area contributed by atoms with Gasteiger partial charge in [0.25, 0.3) is 0 Å². The molecule has 0 bridgehead atoms. The molecule has 0 unspecified atom stereocenters.